The molecule has 1 aliphatic rings. The van der Waals surface area contributed by atoms with Gasteiger partial charge >= 0.3 is 6.09 Å². The molecule has 1 aliphatic heterocycles. The Hall–Kier alpha value is -2.94. The first-order valence-electron chi connectivity index (χ1n) is 10.3. The van der Waals surface area contributed by atoms with Crippen molar-refractivity contribution >= 4 is 38.5 Å². The lowest BCUT2D eigenvalue weighted by molar-refractivity contribution is 0.0288. The second-order valence-electron chi connectivity index (χ2n) is 9.05. The fourth-order valence-electron chi connectivity index (χ4n) is 3.98. The first kappa shape index (κ1) is 20.0. The number of amides is 1. The molecule has 3 aromatic heterocycles. The molecule has 5 rings (SSSR count). The van der Waals surface area contributed by atoms with Crippen LogP contribution in [-0.2, 0) is 11.8 Å². The maximum atomic E-state index is 14.5. The van der Waals surface area contributed by atoms with Gasteiger partial charge in [-0.25, -0.2) is 9.18 Å². The summed E-state index contributed by atoms with van der Waals surface area (Å²) in [6, 6.07) is 5.66. The maximum Gasteiger partial charge on any atom is 0.410 e. The van der Waals surface area contributed by atoms with Crippen LogP contribution in [0, 0.1) is 5.82 Å². The molecule has 1 saturated heterocycles. The number of aromatic nitrogens is 4. The molecule has 1 aromatic carbocycles. The average Bonchev–Trinajstić information content (AvgIpc) is 3.41. The number of halogens is 1. The van der Waals surface area contributed by atoms with Gasteiger partial charge in [0, 0.05) is 48.2 Å². The number of likely N-dealkylation sites (tertiary alicyclic amines) is 1. The second-order valence-corrected chi connectivity index (χ2v) is 10.1. The zero-order chi connectivity index (χ0) is 21.9. The third-order valence-electron chi connectivity index (χ3n) is 5.37. The third-order valence-corrected chi connectivity index (χ3v) is 6.45. The highest BCUT2D eigenvalue weighted by Crippen LogP contribution is 2.36. The van der Waals surface area contributed by atoms with Gasteiger partial charge in [-0.05, 0) is 51.0 Å². The Morgan fingerprint density at radius 1 is 1.19 bits per heavy atom. The first-order chi connectivity index (χ1) is 14.7. The lowest BCUT2D eigenvalue weighted by Gasteiger charge is -2.24. The normalized spacial score (nSPS) is 17.2. The van der Waals surface area contributed by atoms with Crippen molar-refractivity contribution in [1.82, 2.24) is 24.5 Å². The fourth-order valence-corrected chi connectivity index (χ4v) is 4.97. The number of hydrogen-bond donors (Lipinski definition) is 0. The summed E-state index contributed by atoms with van der Waals surface area (Å²) in [5, 5.41) is 10.7. The number of aryl methyl sites for hydroxylation is 1. The zero-order valence-electron chi connectivity index (χ0n) is 17.9. The molecule has 4 heterocycles. The lowest BCUT2D eigenvalue weighted by Crippen LogP contribution is -2.35. The molecule has 162 valence electrons. The van der Waals surface area contributed by atoms with Crippen LogP contribution in [0.25, 0.3) is 31.6 Å². The Bertz CT molecular complexity index is 1270. The van der Waals surface area contributed by atoms with Gasteiger partial charge < -0.3 is 9.64 Å². The summed E-state index contributed by atoms with van der Waals surface area (Å²) in [6.07, 6.45) is 4.39. The van der Waals surface area contributed by atoms with Crippen LogP contribution in [0.2, 0.25) is 0 Å². The Morgan fingerprint density at radius 2 is 2.00 bits per heavy atom. The summed E-state index contributed by atoms with van der Waals surface area (Å²) in [7, 11) is 1.79. The highest BCUT2D eigenvalue weighted by atomic mass is 32.1. The van der Waals surface area contributed by atoms with Crippen molar-refractivity contribution in [3.63, 3.8) is 0 Å². The van der Waals surface area contributed by atoms with E-state index in [0.717, 1.165) is 32.5 Å². The van der Waals surface area contributed by atoms with Gasteiger partial charge in [0.05, 0.1) is 6.04 Å². The molecular weight excluding hydrogens is 417 g/mol. The third kappa shape index (κ3) is 3.78. The SMILES string of the molecule is Cn1cc2cc(-c3cc4cn([C@H]5CCN(C(=O)OC(C)(C)C)C5)nc4s3)cc(F)c2n1. The molecule has 0 N–H and O–H groups in total. The van der Waals surface area contributed by atoms with Gasteiger partial charge in [-0.3, -0.25) is 9.36 Å². The highest BCUT2D eigenvalue weighted by molar-refractivity contribution is 7.21. The maximum absolute atomic E-state index is 14.5. The summed E-state index contributed by atoms with van der Waals surface area (Å²) in [4.78, 5) is 15.9. The molecule has 1 fully saturated rings. The van der Waals surface area contributed by atoms with Gasteiger partial charge in [-0.15, -0.1) is 11.3 Å². The molecule has 0 radical (unpaired) electrons. The molecule has 4 aromatic rings. The summed E-state index contributed by atoms with van der Waals surface area (Å²) < 4.78 is 23.5. The van der Waals surface area contributed by atoms with E-state index < -0.39 is 5.60 Å². The van der Waals surface area contributed by atoms with Crippen molar-refractivity contribution in [2.45, 2.75) is 38.8 Å². The summed E-state index contributed by atoms with van der Waals surface area (Å²) in [5.41, 5.74) is 0.705. The molecule has 0 unspecified atom stereocenters. The van der Waals surface area contributed by atoms with E-state index in [1.807, 2.05) is 50.0 Å². The molecule has 1 atom stereocenters. The second kappa shape index (κ2) is 7.05. The molecular formula is C22H24FN5O2S. The van der Waals surface area contributed by atoms with Crippen LogP contribution in [0.4, 0.5) is 9.18 Å². The summed E-state index contributed by atoms with van der Waals surface area (Å²) in [6.45, 7) is 6.85. The van der Waals surface area contributed by atoms with Crippen LogP contribution in [0.5, 0.6) is 0 Å². The minimum absolute atomic E-state index is 0.125. The van der Waals surface area contributed by atoms with E-state index in [4.69, 9.17) is 9.84 Å². The van der Waals surface area contributed by atoms with Crippen LogP contribution < -0.4 is 0 Å². The minimum atomic E-state index is -0.502. The lowest BCUT2D eigenvalue weighted by atomic mass is 10.1. The van der Waals surface area contributed by atoms with Crippen LogP contribution in [-0.4, -0.2) is 49.2 Å². The van der Waals surface area contributed by atoms with E-state index in [-0.39, 0.29) is 18.0 Å². The van der Waals surface area contributed by atoms with Crippen LogP contribution >= 0.6 is 11.3 Å². The van der Waals surface area contributed by atoms with Crippen LogP contribution in [0.3, 0.4) is 0 Å². The van der Waals surface area contributed by atoms with Gasteiger partial charge in [0.1, 0.15) is 15.9 Å². The quantitative estimate of drug-likeness (QED) is 0.440. The molecule has 1 amide bonds. The number of rotatable bonds is 2. The number of hydrogen-bond acceptors (Lipinski definition) is 5. The molecule has 9 heteroatoms. The minimum Gasteiger partial charge on any atom is -0.444 e. The van der Waals surface area contributed by atoms with Crippen molar-refractivity contribution in [3.05, 3.63) is 36.4 Å². The monoisotopic (exact) mass is 441 g/mol. The van der Waals surface area contributed by atoms with Crippen molar-refractivity contribution in [2.24, 2.45) is 7.05 Å². The van der Waals surface area contributed by atoms with Crippen molar-refractivity contribution in [1.29, 1.82) is 0 Å². The largest absolute Gasteiger partial charge is 0.444 e. The van der Waals surface area contributed by atoms with E-state index in [1.54, 1.807) is 16.6 Å². The Morgan fingerprint density at radius 3 is 2.74 bits per heavy atom. The Balaban J connectivity index is 1.36. The number of thiophene rings is 1. The summed E-state index contributed by atoms with van der Waals surface area (Å²) in [5.74, 6) is -0.322. The van der Waals surface area contributed by atoms with Gasteiger partial charge in [-0.2, -0.15) is 10.2 Å². The highest BCUT2D eigenvalue weighted by Gasteiger charge is 2.31. The molecule has 7 nitrogen and oxygen atoms in total. The molecule has 0 aliphatic carbocycles. The molecule has 0 saturated carbocycles. The van der Waals surface area contributed by atoms with Crippen molar-refractivity contribution < 1.29 is 13.9 Å². The Labute approximate surface area is 183 Å². The first-order valence-corrected chi connectivity index (χ1v) is 11.1. The van der Waals surface area contributed by atoms with Crippen molar-refractivity contribution in [3.8, 4) is 10.4 Å². The van der Waals surface area contributed by atoms with E-state index in [9.17, 15) is 9.18 Å². The van der Waals surface area contributed by atoms with Gasteiger partial charge in [-0.1, -0.05) is 0 Å². The van der Waals surface area contributed by atoms with Gasteiger partial charge in [0.15, 0.2) is 5.82 Å². The predicted octanol–water partition coefficient (Wildman–Crippen LogP) is 4.97. The number of ether oxygens (including phenoxy) is 1. The van der Waals surface area contributed by atoms with E-state index in [0.29, 0.717) is 18.6 Å². The predicted molar refractivity (Wildman–Crippen MR) is 119 cm³/mol. The van der Waals surface area contributed by atoms with Gasteiger partial charge in [0.25, 0.3) is 0 Å². The topological polar surface area (TPSA) is 65.2 Å². The smallest absolute Gasteiger partial charge is 0.410 e. The van der Waals surface area contributed by atoms with Gasteiger partial charge in [0.2, 0.25) is 0 Å². The van der Waals surface area contributed by atoms with E-state index >= 15 is 0 Å². The van der Waals surface area contributed by atoms with E-state index in [1.165, 1.54) is 17.4 Å². The van der Waals surface area contributed by atoms with Crippen molar-refractivity contribution in [2.75, 3.05) is 13.1 Å². The van der Waals surface area contributed by atoms with Crippen LogP contribution in [0.1, 0.15) is 33.2 Å². The number of carbonyl (C=O) groups excluding carboxylic acids is 1. The Kier molecular flexibility index (Phi) is 4.55. The summed E-state index contributed by atoms with van der Waals surface area (Å²) >= 11 is 1.54. The number of benzene rings is 1. The number of carbonyl (C=O) groups is 1. The van der Waals surface area contributed by atoms with Crippen LogP contribution in [0.15, 0.2) is 30.6 Å². The zero-order valence-corrected chi connectivity index (χ0v) is 18.7. The average molecular weight is 442 g/mol. The molecule has 31 heavy (non-hydrogen) atoms. The molecule has 0 bridgehead atoms. The number of nitrogens with zero attached hydrogens (tertiary/aromatic N) is 5. The van der Waals surface area contributed by atoms with E-state index in [2.05, 4.69) is 5.10 Å². The number of fused-ring (bicyclic) bond motifs is 2. The fraction of sp³-hybridized carbons (Fsp3) is 0.409. The standard InChI is InChI=1S/C22H24FN5O2S/c1-22(2,3)30-21(29)27-6-5-16(12-27)28-11-15-9-18(31-20(15)25-28)13-7-14-10-26(4)24-19(14)17(23)8-13/h7-11,16H,5-6,12H2,1-4H3/t16-/m0/s1. The molecule has 0 spiro atoms.